The van der Waals surface area contributed by atoms with Crippen LogP contribution in [0.15, 0.2) is 25.7 Å². The van der Waals surface area contributed by atoms with Crippen molar-refractivity contribution in [3.63, 3.8) is 0 Å². The first-order valence-corrected chi connectivity index (χ1v) is 9.17. The number of rotatable bonds is 3. The molecule has 0 unspecified atom stereocenters. The Labute approximate surface area is 123 Å². The lowest BCUT2D eigenvalue weighted by molar-refractivity contribution is 0.602. The summed E-state index contributed by atoms with van der Waals surface area (Å²) < 4.78 is 24.4. The molecule has 0 spiro atoms. The lowest BCUT2D eigenvalue weighted by atomic mass is 10.1. The van der Waals surface area contributed by atoms with Crippen LogP contribution in [0.4, 0.5) is 0 Å². The van der Waals surface area contributed by atoms with Crippen molar-refractivity contribution in [2.75, 3.05) is 6.26 Å². The van der Waals surface area contributed by atoms with Crippen molar-refractivity contribution in [2.24, 2.45) is 0 Å². The fourth-order valence-electron chi connectivity index (χ4n) is 1.84. The van der Waals surface area contributed by atoms with E-state index in [1.165, 1.54) is 0 Å². The van der Waals surface area contributed by atoms with Crippen molar-refractivity contribution in [1.29, 1.82) is 0 Å². The SMILES string of the molecule is CCCc1c(S(C)(=O)=O)sc2nc(Br)ccc2c1=O. The zero-order valence-corrected chi connectivity index (χ0v) is 13.7. The minimum Gasteiger partial charge on any atom is -0.289 e. The second kappa shape index (κ2) is 5.30. The van der Waals surface area contributed by atoms with Crippen LogP contribution in [0.3, 0.4) is 0 Å². The van der Waals surface area contributed by atoms with E-state index < -0.39 is 9.84 Å². The fourth-order valence-corrected chi connectivity index (χ4v) is 4.66. The molecule has 2 aromatic rings. The molecule has 2 rings (SSSR count). The van der Waals surface area contributed by atoms with Gasteiger partial charge in [-0.25, -0.2) is 13.4 Å². The van der Waals surface area contributed by atoms with Gasteiger partial charge in [-0.1, -0.05) is 13.3 Å². The molecule has 0 bridgehead atoms. The average Bonchev–Trinajstić information content (AvgIpc) is 2.31. The highest BCUT2D eigenvalue weighted by molar-refractivity contribution is 9.10. The number of fused-ring (bicyclic) bond motifs is 1. The zero-order chi connectivity index (χ0) is 14.2. The molecule has 0 aliphatic heterocycles. The summed E-state index contributed by atoms with van der Waals surface area (Å²) in [5.41, 5.74) is 0.155. The molecular formula is C12H12BrNO3S2. The quantitative estimate of drug-likeness (QED) is 0.788. The van der Waals surface area contributed by atoms with Crippen LogP contribution < -0.4 is 5.43 Å². The number of nitrogens with zero attached hydrogens (tertiary/aromatic N) is 1. The highest BCUT2D eigenvalue weighted by atomic mass is 79.9. The summed E-state index contributed by atoms with van der Waals surface area (Å²) in [6.45, 7) is 1.92. The Bertz CT molecular complexity index is 796. The second-order valence-corrected chi connectivity index (χ2v) is 8.23. The molecule has 0 aromatic carbocycles. The maximum atomic E-state index is 12.4. The highest BCUT2D eigenvalue weighted by Crippen LogP contribution is 2.26. The van der Waals surface area contributed by atoms with Gasteiger partial charge in [-0.3, -0.25) is 4.79 Å². The predicted octanol–water partition coefficient (Wildman–Crippen LogP) is 2.78. The van der Waals surface area contributed by atoms with Crippen LogP contribution in [0.1, 0.15) is 18.9 Å². The molecule has 7 heteroatoms. The molecule has 0 radical (unpaired) electrons. The van der Waals surface area contributed by atoms with E-state index in [4.69, 9.17) is 0 Å². The number of pyridine rings is 1. The highest BCUT2D eigenvalue weighted by Gasteiger charge is 2.20. The van der Waals surface area contributed by atoms with E-state index in [2.05, 4.69) is 20.9 Å². The van der Waals surface area contributed by atoms with Crippen LogP contribution in [0.5, 0.6) is 0 Å². The molecule has 0 aliphatic carbocycles. The van der Waals surface area contributed by atoms with Crippen LogP contribution >= 0.6 is 27.3 Å². The van der Waals surface area contributed by atoms with Gasteiger partial charge < -0.3 is 0 Å². The third-order valence-corrected chi connectivity index (χ3v) is 6.07. The third-order valence-electron chi connectivity index (χ3n) is 2.62. The molecule has 0 atom stereocenters. The van der Waals surface area contributed by atoms with E-state index in [1.54, 1.807) is 12.1 Å². The van der Waals surface area contributed by atoms with Gasteiger partial charge in [0.15, 0.2) is 15.3 Å². The normalized spacial score (nSPS) is 11.9. The number of aromatic nitrogens is 1. The molecule has 102 valence electrons. The van der Waals surface area contributed by atoms with Crippen molar-refractivity contribution in [3.8, 4) is 0 Å². The number of hydrogen-bond donors (Lipinski definition) is 0. The Morgan fingerprint density at radius 1 is 1.37 bits per heavy atom. The molecule has 0 saturated heterocycles. The summed E-state index contributed by atoms with van der Waals surface area (Å²) in [7, 11) is -3.42. The van der Waals surface area contributed by atoms with Crippen LogP contribution in [-0.2, 0) is 16.3 Å². The van der Waals surface area contributed by atoms with Crippen LogP contribution in [0, 0.1) is 0 Å². The molecule has 0 fully saturated rings. The summed E-state index contributed by atoms with van der Waals surface area (Å²) in [5.74, 6) is 0. The third kappa shape index (κ3) is 2.88. The Morgan fingerprint density at radius 2 is 2.05 bits per heavy atom. The van der Waals surface area contributed by atoms with Crippen molar-refractivity contribution in [1.82, 2.24) is 4.98 Å². The van der Waals surface area contributed by atoms with E-state index in [1.807, 2.05) is 6.92 Å². The zero-order valence-electron chi connectivity index (χ0n) is 10.4. The molecule has 0 N–H and O–H groups in total. The van der Waals surface area contributed by atoms with Gasteiger partial charge in [0, 0.05) is 11.8 Å². The summed E-state index contributed by atoms with van der Waals surface area (Å²) in [5, 5.41) is 0.476. The maximum Gasteiger partial charge on any atom is 0.194 e. The predicted molar refractivity (Wildman–Crippen MR) is 80.7 cm³/mol. The monoisotopic (exact) mass is 361 g/mol. The molecule has 4 nitrogen and oxygen atoms in total. The lowest BCUT2D eigenvalue weighted by Gasteiger charge is -2.07. The Kier molecular flexibility index (Phi) is 4.08. The molecule has 0 aliphatic rings. The summed E-state index contributed by atoms with van der Waals surface area (Å²) in [6.07, 6.45) is 2.31. The Morgan fingerprint density at radius 3 is 2.63 bits per heavy atom. The first kappa shape index (κ1) is 14.6. The van der Waals surface area contributed by atoms with E-state index in [0.29, 0.717) is 26.8 Å². The number of hydrogen-bond acceptors (Lipinski definition) is 5. The van der Waals surface area contributed by atoms with Gasteiger partial charge >= 0.3 is 0 Å². The molecular weight excluding hydrogens is 350 g/mol. The van der Waals surface area contributed by atoms with Crippen molar-refractivity contribution in [3.05, 3.63) is 32.5 Å². The van der Waals surface area contributed by atoms with Gasteiger partial charge in [-0.15, -0.1) is 11.3 Å². The fraction of sp³-hybridized carbons (Fsp3) is 0.333. The average molecular weight is 362 g/mol. The largest absolute Gasteiger partial charge is 0.289 e. The van der Waals surface area contributed by atoms with Gasteiger partial charge in [0.1, 0.15) is 13.6 Å². The van der Waals surface area contributed by atoms with Crippen molar-refractivity contribution in [2.45, 2.75) is 24.0 Å². The van der Waals surface area contributed by atoms with E-state index >= 15 is 0 Å². The van der Waals surface area contributed by atoms with Crippen LogP contribution in [0.25, 0.3) is 10.2 Å². The summed E-state index contributed by atoms with van der Waals surface area (Å²) >= 11 is 4.28. The smallest absolute Gasteiger partial charge is 0.194 e. The van der Waals surface area contributed by atoms with Crippen molar-refractivity contribution >= 4 is 47.3 Å². The summed E-state index contributed by atoms with van der Waals surface area (Å²) in [4.78, 5) is 17.0. The van der Waals surface area contributed by atoms with Gasteiger partial charge in [0.25, 0.3) is 0 Å². The second-order valence-electron chi connectivity index (χ2n) is 4.21. The Hall–Kier alpha value is -0.790. The number of halogens is 1. The van der Waals surface area contributed by atoms with E-state index in [9.17, 15) is 13.2 Å². The van der Waals surface area contributed by atoms with Gasteiger partial charge in [0.2, 0.25) is 0 Å². The van der Waals surface area contributed by atoms with Gasteiger partial charge in [0.05, 0.1) is 5.39 Å². The molecule has 19 heavy (non-hydrogen) atoms. The first-order valence-electron chi connectivity index (χ1n) is 5.67. The molecule has 0 saturated carbocycles. The minimum absolute atomic E-state index is 0.137. The minimum atomic E-state index is -3.42. The van der Waals surface area contributed by atoms with Crippen LogP contribution in [-0.4, -0.2) is 19.7 Å². The molecule has 2 heterocycles. The molecule has 2 aromatic heterocycles. The maximum absolute atomic E-state index is 12.4. The topological polar surface area (TPSA) is 64.1 Å². The first-order chi connectivity index (χ1) is 8.84. The number of sulfone groups is 1. The summed E-state index contributed by atoms with van der Waals surface area (Å²) in [6, 6.07) is 3.36. The van der Waals surface area contributed by atoms with Crippen LogP contribution in [0.2, 0.25) is 0 Å². The standard InChI is InChI=1S/C12H12BrNO3S2/c1-3-4-8-10(15)7-5-6-9(13)14-11(7)18-12(8)19(2,16)17/h5-6H,3-4H2,1-2H3. The van der Waals surface area contributed by atoms with E-state index in [0.717, 1.165) is 24.0 Å². The van der Waals surface area contributed by atoms with E-state index in [-0.39, 0.29) is 9.64 Å². The van der Waals surface area contributed by atoms with Gasteiger partial charge in [-0.05, 0) is 34.5 Å². The van der Waals surface area contributed by atoms with Gasteiger partial charge in [-0.2, -0.15) is 0 Å². The Balaban J connectivity index is 2.94. The lowest BCUT2D eigenvalue weighted by Crippen LogP contribution is -2.14. The van der Waals surface area contributed by atoms with Crippen molar-refractivity contribution < 1.29 is 8.42 Å². The molecule has 0 amide bonds.